The van der Waals surface area contributed by atoms with Gasteiger partial charge in [0.2, 0.25) is 0 Å². The van der Waals surface area contributed by atoms with Gasteiger partial charge in [-0.15, -0.1) is 0 Å². The second kappa shape index (κ2) is 5.80. The number of carbonyl (C=O) groups is 1. The van der Waals surface area contributed by atoms with Gasteiger partial charge in [0.05, 0.1) is 0 Å². The van der Waals surface area contributed by atoms with Crippen molar-refractivity contribution in [2.75, 3.05) is 20.1 Å². The van der Waals surface area contributed by atoms with Gasteiger partial charge in [0.1, 0.15) is 0 Å². The van der Waals surface area contributed by atoms with E-state index in [0.717, 1.165) is 12.0 Å². The molecule has 2 fully saturated rings. The Kier molecular flexibility index (Phi) is 4.03. The molecule has 1 aromatic rings. The Morgan fingerprint density at radius 2 is 2.05 bits per heavy atom. The molecule has 0 unspecified atom stereocenters. The molecule has 114 valence electrons. The van der Waals surface area contributed by atoms with Crippen molar-refractivity contribution in [3.63, 3.8) is 0 Å². The number of carbonyl (C=O) groups excluding carboxylic acids is 1. The number of rotatable bonds is 3. The molecule has 3 nitrogen and oxygen atoms in total. The number of hydrogen-bond acceptors (Lipinski definition) is 2. The lowest BCUT2D eigenvalue weighted by Gasteiger charge is -2.52. The van der Waals surface area contributed by atoms with Crippen molar-refractivity contribution in [1.82, 2.24) is 10.2 Å². The monoisotopic (exact) mass is 286 g/mol. The van der Waals surface area contributed by atoms with Crippen molar-refractivity contribution >= 4 is 5.91 Å². The molecule has 1 saturated heterocycles. The number of likely N-dealkylation sites (tertiary alicyclic amines) is 1. The van der Waals surface area contributed by atoms with Gasteiger partial charge >= 0.3 is 0 Å². The van der Waals surface area contributed by atoms with Crippen molar-refractivity contribution in [2.24, 2.45) is 5.41 Å². The number of nitrogens with zero attached hydrogens (tertiary/aromatic N) is 1. The third-order valence-electron chi connectivity index (χ3n) is 5.34. The zero-order valence-corrected chi connectivity index (χ0v) is 13.2. The van der Waals surface area contributed by atoms with Gasteiger partial charge in [-0.3, -0.25) is 4.79 Å². The molecule has 1 aliphatic carbocycles. The van der Waals surface area contributed by atoms with Crippen LogP contribution in [-0.4, -0.2) is 37.0 Å². The summed E-state index contributed by atoms with van der Waals surface area (Å²) in [4.78, 5) is 14.7. The van der Waals surface area contributed by atoms with Gasteiger partial charge in [-0.05, 0) is 75.4 Å². The summed E-state index contributed by atoms with van der Waals surface area (Å²) in [5.74, 6) is 0.0954. The van der Waals surface area contributed by atoms with Gasteiger partial charge in [-0.1, -0.05) is 19.1 Å². The van der Waals surface area contributed by atoms with Crippen LogP contribution in [0.25, 0.3) is 0 Å². The fourth-order valence-corrected chi connectivity index (χ4v) is 3.79. The summed E-state index contributed by atoms with van der Waals surface area (Å²) in [6, 6.07) is 8.37. The third-order valence-corrected chi connectivity index (χ3v) is 5.34. The van der Waals surface area contributed by atoms with Crippen LogP contribution in [0, 0.1) is 5.41 Å². The van der Waals surface area contributed by atoms with Crippen LogP contribution in [0.5, 0.6) is 0 Å². The lowest BCUT2D eigenvalue weighted by Crippen LogP contribution is -2.54. The Morgan fingerprint density at radius 3 is 2.71 bits per heavy atom. The summed E-state index contributed by atoms with van der Waals surface area (Å²) in [7, 11) is 2.20. The van der Waals surface area contributed by atoms with Crippen molar-refractivity contribution in [1.29, 1.82) is 0 Å². The molecule has 1 aromatic carbocycles. The molecule has 0 aromatic heterocycles. The van der Waals surface area contributed by atoms with E-state index in [0.29, 0.717) is 11.5 Å². The SMILES string of the molecule is CCc1cccc(C(=O)NC2CC3(CCN(C)CC3)C2)c1. The smallest absolute Gasteiger partial charge is 0.251 e. The van der Waals surface area contributed by atoms with Crippen LogP contribution in [0.4, 0.5) is 0 Å². The maximum atomic E-state index is 12.3. The van der Waals surface area contributed by atoms with Crippen LogP contribution in [0.15, 0.2) is 24.3 Å². The molecule has 3 rings (SSSR count). The summed E-state index contributed by atoms with van der Waals surface area (Å²) >= 11 is 0. The number of aryl methyl sites for hydroxylation is 1. The standard InChI is InChI=1S/C18H26N2O/c1-3-14-5-4-6-15(11-14)17(21)19-16-12-18(13-16)7-9-20(2)10-8-18/h4-6,11,16H,3,7-10,12-13H2,1-2H3,(H,19,21). The number of benzene rings is 1. The van der Waals surface area contributed by atoms with Gasteiger partial charge < -0.3 is 10.2 Å². The molecule has 2 aliphatic rings. The van der Waals surface area contributed by atoms with Crippen LogP contribution in [-0.2, 0) is 6.42 Å². The molecule has 1 heterocycles. The number of nitrogens with one attached hydrogen (secondary N) is 1. The number of amides is 1. The second-order valence-electron chi connectivity index (χ2n) is 6.94. The molecule has 1 spiro atoms. The summed E-state index contributed by atoms with van der Waals surface area (Å²) in [6.07, 6.45) is 5.89. The maximum absolute atomic E-state index is 12.3. The molecule has 1 saturated carbocycles. The predicted molar refractivity (Wildman–Crippen MR) is 85.5 cm³/mol. The first kappa shape index (κ1) is 14.6. The largest absolute Gasteiger partial charge is 0.349 e. The van der Waals surface area contributed by atoms with Crippen molar-refractivity contribution in [3.05, 3.63) is 35.4 Å². The van der Waals surface area contributed by atoms with Gasteiger partial charge in [-0.25, -0.2) is 0 Å². The highest BCUT2D eigenvalue weighted by Crippen LogP contribution is 2.48. The molecular formula is C18H26N2O. The summed E-state index contributed by atoms with van der Waals surface area (Å²) in [5.41, 5.74) is 2.55. The quantitative estimate of drug-likeness (QED) is 0.926. The lowest BCUT2D eigenvalue weighted by atomic mass is 9.60. The van der Waals surface area contributed by atoms with E-state index in [2.05, 4.69) is 30.3 Å². The Labute approximate surface area is 127 Å². The minimum Gasteiger partial charge on any atom is -0.349 e. The molecule has 0 atom stereocenters. The van der Waals surface area contributed by atoms with Crippen molar-refractivity contribution in [2.45, 2.75) is 45.1 Å². The molecule has 21 heavy (non-hydrogen) atoms. The van der Waals surface area contributed by atoms with Crippen LogP contribution in [0.1, 0.15) is 48.5 Å². The highest BCUT2D eigenvalue weighted by Gasteiger charge is 2.45. The van der Waals surface area contributed by atoms with Crippen LogP contribution < -0.4 is 5.32 Å². The van der Waals surface area contributed by atoms with Crippen molar-refractivity contribution < 1.29 is 4.79 Å². The lowest BCUT2D eigenvalue weighted by molar-refractivity contribution is 0.0139. The fourth-order valence-electron chi connectivity index (χ4n) is 3.79. The summed E-state index contributed by atoms with van der Waals surface area (Å²) in [5, 5.41) is 3.21. The Balaban J connectivity index is 1.53. The molecule has 1 aliphatic heterocycles. The van der Waals surface area contributed by atoms with Crippen LogP contribution in [0.3, 0.4) is 0 Å². The van der Waals surface area contributed by atoms with E-state index in [1.165, 1.54) is 44.3 Å². The topological polar surface area (TPSA) is 32.3 Å². The average Bonchev–Trinajstić information content (AvgIpc) is 2.48. The first-order valence-electron chi connectivity index (χ1n) is 8.19. The first-order valence-corrected chi connectivity index (χ1v) is 8.19. The molecule has 1 N–H and O–H groups in total. The average molecular weight is 286 g/mol. The van der Waals surface area contributed by atoms with Gasteiger partial charge in [0.25, 0.3) is 5.91 Å². The molecule has 0 radical (unpaired) electrons. The first-order chi connectivity index (χ1) is 10.1. The fraction of sp³-hybridized carbons (Fsp3) is 0.611. The summed E-state index contributed by atoms with van der Waals surface area (Å²) in [6.45, 7) is 4.53. The van der Waals surface area contributed by atoms with E-state index in [9.17, 15) is 4.79 Å². The molecule has 3 heteroatoms. The van der Waals surface area contributed by atoms with Gasteiger partial charge in [-0.2, -0.15) is 0 Å². The molecule has 1 amide bonds. The van der Waals surface area contributed by atoms with Crippen LogP contribution in [0.2, 0.25) is 0 Å². The zero-order valence-electron chi connectivity index (χ0n) is 13.2. The van der Waals surface area contributed by atoms with E-state index >= 15 is 0 Å². The van der Waals surface area contributed by atoms with E-state index in [1.807, 2.05) is 18.2 Å². The second-order valence-corrected chi connectivity index (χ2v) is 6.94. The number of piperidine rings is 1. The zero-order chi connectivity index (χ0) is 14.9. The van der Waals surface area contributed by atoms with Crippen LogP contribution >= 0.6 is 0 Å². The van der Waals surface area contributed by atoms with E-state index in [1.54, 1.807) is 0 Å². The van der Waals surface area contributed by atoms with E-state index < -0.39 is 0 Å². The highest BCUT2D eigenvalue weighted by atomic mass is 16.1. The normalized spacial score (nSPS) is 22.0. The highest BCUT2D eigenvalue weighted by molar-refractivity contribution is 5.94. The predicted octanol–water partition coefficient (Wildman–Crippen LogP) is 2.85. The Bertz CT molecular complexity index is 510. The van der Waals surface area contributed by atoms with E-state index in [4.69, 9.17) is 0 Å². The van der Waals surface area contributed by atoms with E-state index in [-0.39, 0.29) is 5.91 Å². The van der Waals surface area contributed by atoms with Crippen molar-refractivity contribution in [3.8, 4) is 0 Å². The summed E-state index contributed by atoms with van der Waals surface area (Å²) < 4.78 is 0. The number of hydrogen-bond donors (Lipinski definition) is 1. The third kappa shape index (κ3) is 3.13. The maximum Gasteiger partial charge on any atom is 0.251 e. The minimum absolute atomic E-state index is 0.0954. The Hall–Kier alpha value is -1.35. The Morgan fingerprint density at radius 1 is 1.33 bits per heavy atom. The van der Waals surface area contributed by atoms with Gasteiger partial charge in [0, 0.05) is 11.6 Å². The molecule has 0 bridgehead atoms. The molecular weight excluding hydrogens is 260 g/mol. The van der Waals surface area contributed by atoms with Gasteiger partial charge in [0.15, 0.2) is 0 Å². The minimum atomic E-state index is 0.0954.